The molecule has 0 radical (unpaired) electrons. The molecule has 0 spiro atoms. The van der Waals surface area contributed by atoms with Crippen LogP contribution in [0.5, 0.6) is 5.75 Å². The normalized spacial score (nSPS) is 10.2. The van der Waals surface area contributed by atoms with Crippen LogP contribution in [0.4, 0.5) is 0 Å². The Kier molecular flexibility index (Phi) is 4.07. The number of nitrogens with zero attached hydrogens (tertiary/aromatic N) is 3. The number of carbonyl (C=O) groups excluding carboxylic acids is 1. The second-order valence-corrected chi connectivity index (χ2v) is 4.04. The molecule has 98 valence electrons. The van der Waals surface area contributed by atoms with Crippen molar-refractivity contribution in [2.45, 2.75) is 13.5 Å². The van der Waals surface area contributed by atoms with E-state index in [0.717, 1.165) is 5.69 Å². The number of aromatic nitrogens is 2. The standard InChI is InChI=1S/C14H15N3O2/c1-2-17(10-11-5-3-4-8-15-11)14(19)13-7-6-12(18)9-16-13/h3-9,18H,2,10H2,1H3. The van der Waals surface area contributed by atoms with Gasteiger partial charge in [0.25, 0.3) is 5.91 Å². The van der Waals surface area contributed by atoms with Crippen LogP contribution in [0.3, 0.4) is 0 Å². The third-order valence-electron chi connectivity index (χ3n) is 2.71. The Morgan fingerprint density at radius 3 is 2.68 bits per heavy atom. The summed E-state index contributed by atoms with van der Waals surface area (Å²) in [7, 11) is 0. The first-order chi connectivity index (χ1) is 9.20. The molecule has 0 aliphatic rings. The van der Waals surface area contributed by atoms with Crippen LogP contribution in [0, 0.1) is 0 Å². The van der Waals surface area contributed by atoms with Crippen LogP contribution in [0.2, 0.25) is 0 Å². The fraction of sp³-hybridized carbons (Fsp3) is 0.214. The van der Waals surface area contributed by atoms with Crippen molar-refractivity contribution in [3.8, 4) is 5.75 Å². The van der Waals surface area contributed by atoms with E-state index in [1.165, 1.54) is 18.3 Å². The maximum absolute atomic E-state index is 12.2. The predicted molar refractivity (Wildman–Crippen MR) is 70.6 cm³/mol. The Morgan fingerprint density at radius 2 is 2.11 bits per heavy atom. The summed E-state index contributed by atoms with van der Waals surface area (Å²) in [4.78, 5) is 22.0. The van der Waals surface area contributed by atoms with E-state index in [9.17, 15) is 9.90 Å². The smallest absolute Gasteiger partial charge is 0.272 e. The summed E-state index contributed by atoms with van der Waals surface area (Å²) in [5.41, 5.74) is 1.15. The Hall–Kier alpha value is -2.43. The molecule has 1 N–H and O–H groups in total. The highest BCUT2D eigenvalue weighted by Crippen LogP contribution is 2.10. The molecular formula is C14H15N3O2. The average Bonchev–Trinajstić information content (AvgIpc) is 2.46. The van der Waals surface area contributed by atoms with Gasteiger partial charge in [0.15, 0.2) is 0 Å². The Morgan fingerprint density at radius 1 is 1.26 bits per heavy atom. The average molecular weight is 257 g/mol. The summed E-state index contributed by atoms with van der Waals surface area (Å²) in [6.45, 7) is 2.91. The number of hydrogen-bond acceptors (Lipinski definition) is 4. The summed E-state index contributed by atoms with van der Waals surface area (Å²) >= 11 is 0. The minimum Gasteiger partial charge on any atom is -0.506 e. The third-order valence-corrected chi connectivity index (χ3v) is 2.71. The third kappa shape index (κ3) is 3.28. The summed E-state index contributed by atoms with van der Waals surface area (Å²) in [6, 6.07) is 8.57. The topological polar surface area (TPSA) is 66.3 Å². The highest BCUT2D eigenvalue weighted by molar-refractivity contribution is 5.92. The van der Waals surface area contributed by atoms with Gasteiger partial charge in [-0.15, -0.1) is 0 Å². The maximum atomic E-state index is 12.2. The van der Waals surface area contributed by atoms with Crippen molar-refractivity contribution in [3.63, 3.8) is 0 Å². The Labute approximate surface area is 111 Å². The quantitative estimate of drug-likeness (QED) is 0.907. The summed E-state index contributed by atoms with van der Waals surface area (Å²) < 4.78 is 0. The zero-order valence-electron chi connectivity index (χ0n) is 10.7. The van der Waals surface area contributed by atoms with Gasteiger partial charge in [-0.2, -0.15) is 0 Å². The molecule has 0 saturated heterocycles. The van der Waals surface area contributed by atoms with Gasteiger partial charge in [0.1, 0.15) is 11.4 Å². The van der Waals surface area contributed by atoms with Crippen LogP contribution in [0.1, 0.15) is 23.1 Å². The molecule has 0 atom stereocenters. The largest absolute Gasteiger partial charge is 0.506 e. The number of amides is 1. The van der Waals surface area contributed by atoms with Crippen molar-refractivity contribution < 1.29 is 9.90 Å². The predicted octanol–water partition coefficient (Wildman–Crippen LogP) is 1.84. The van der Waals surface area contributed by atoms with E-state index in [1.807, 2.05) is 25.1 Å². The Bertz CT molecular complexity index is 540. The van der Waals surface area contributed by atoms with Crippen molar-refractivity contribution in [1.29, 1.82) is 0 Å². The van der Waals surface area contributed by atoms with Gasteiger partial charge in [-0.1, -0.05) is 6.07 Å². The molecule has 0 bridgehead atoms. The van der Waals surface area contributed by atoms with Gasteiger partial charge in [-0.3, -0.25) is 9.78 Å². The van der Waals surface area contributed by atoms with E-state index in [-0.39, 0.29) is 11.7 Å². The second-order valence-electron chi connectivity index (χ2n) is 4.04. The molecule has 0 aliphatic carbocycles. The van der Waals surface area contributed by atoms with Gasteiger partial charge in [0, 0.05) is 12.7 Å². The monoisotopic (exact) mass is 257 g/mol. The fourth-order valence-electron chi connectivity index (χ4n) is 1.69. The van der Waals surface area contributed by atoms with E-state index in [0.29, 0.717) is 18.8 Å². The number of carbonyl (C=O) groups is 1. The molecule has 0 unspecified atom stereocenters. The van der Waals surface area contributed by atoms with Gasteiger partial charge in [-0.05, 0) is 31.2 Å². The molecular weight excluding hydrogens is 242 g/mol. The van der Waals surface area contributed by atoms with Crippen LogP contribution in [0.15, 0.2) is 42.7 Å². The van der Waals surface area contributed by atoms with Crippen LogP contribution in [-0.4, -0.2) is 32.4 Å². The minimum absolute atomic E-state index is 0.0457. The summed E-state index contributed by atoms with van der Waals surface area (Å²) in [6.07, 6.45) is 2.97. The van der Waals surface area contributed by atoms with E-state index >= 15 is 0 Å². The van der Waals surface area contributed by atoms with Crippen molar-refractivity contribution >= 4 is 5.91 Å². The van der Waals surface area contributed by atoms with Crippen molar-refractivity contribution in [2.75, 3.05) is 6.54 Å². The molecule has 0 aliphatic heterocycles. The van der Waals surface area contributed by atoms with Gasteiger partial charge in [0.05, 0.1) is 18.4 Å². The first kappa shape index (κ1) is 13.0. The molecule has 5 heteroatoms. The summed E-state index contributed by atoms with van der Waals surface area (Å²) in [5.74, 6) is -0.127. The Balaban J connectivity index is 2.13. The molecule has 0 saturated carbocycles. The maximum Gasteiger partial charge on any atom is 0.272 e. The zero-order chi connectivity index (χ0) is 13.7. The highest BCUT2D eigenvalue weighted by atomic mass is 16.3. The molecule has 19 heavy (non-hydrogen) atoms. The zero-order valence-corrected chi connectivity index (χ0v) is 10.7. The molecule has 2 aromatic rings. The van der Waals surface area contributed by atoms with Crippen LogP contribution >= 0.6 is 0 Å². The molecule has 2 aromatic heterocycles. The van der Waals surface area contributed by atoms with Crippen LogP contribution in [-0.2, 0) is 6.54 Å². The van der Waals surface area contributed by atoms with Crippen molar-refractivity contribution in [3.05, 3.63) is 54.1 Å². The number of aromatic hydroxyl groups is 1. The minimum atomic E-state index is -0.173. The first-order valence-corrected chi connectivity index (χ1v) is 6.05. The molecule has 2 heterocycles. The van der Waals surface area contributed by atoms with Gasteiger partial charge >= 0.3 is 0 Å². The van der Waals surface area contributed by atoms with Gasteiger partial charge in [0.2, 0.25) is 0 Å². The lowest BCUT2D eigenvalue weighted by atomic mass is 10.2. The highest BCUT2D eigenvalue weighted by Gasteiger charge is 2.16. The lowest BCUT2D eigenvalue weighted by molar-refractivity contribution is 0.0744. The number of rotatable bonds is 4. The van der Waals surface area contributed by atoms with E-state index < -0.39 is 0 Å². The first-order valence-electron chi connectivity index (χ1n) is 6.05. The van der Waals surface area contributed by atoms with Crippen LogP contribution in [0.25, 0.3) is 0 Å². The molecule has 2 rings (SSSR count). The second kappa shape index (κ2) is 5.95. The SMILES string of the molecule is CCN(Cc1ccccn1)C(=O)c1ccc(O)cn1. The van der Waals surface area contributed by atoms with Crippen LogP contribution < -0.4 is 0 Å². The lowest BCUT2D eigenvalue weighted by Crippen LogP contribution is -2.31. The molecule has 1 amide bonds. The molecule has 0 aromatic carbocycles. The van der Waals surface area contributed by atoms with E-state index in [1.54, 1.807) is 11.1 Å². The lowest BCUT2D eigenvalue weighted by Gasteiger charge is -2.19. The van der Waals surface area contributed by atoms with E-state index in [4.69, 9.17) is 0 Å². The van der Waals surface area contributed by atoms with Gasteiger partial charge < -0.3 is 10.0 Å². The van der Waals surface area contributed by atoms with Gasteiger partial charge in [-0.25, -0.2) is 4.98 Å². The number of hydrogen-bond donors (Lipinski definition) is 1. The van der Waals surface area contributed by atoms with Crippen molar-refractivity contribution in [2.24, 2.45) is 0 Å². The number of pyridine rings is 2. The van der Waals surface area contributed by atoms with Crippen molar-refractivity contribution in [1.82, 2.24) is 14.9 Å². The molecule has 5 nitrogen and oxygen atoms in total. The summed E-state index contributed by atoms with van der Waals surface area (Å²) in [5, 5.41) is 9.17. The van der Waals surface area contributed by atoms with E-state index in [2.05, 4.69) is 9.97 Å². The fourth-order valence-corrected chi connectivity index (χ4v) is 1.69. The molecule has 0 fully saturated rings.